The highest BCUT2D eigenvalue weighted by atomic mass is 79.9. The predicted octanol–water partition coefficient (Wildman–Crippen LogP) is 3.04. The van der Waals surface area contributed by atoms with Gasteiger partial charge in [-0.15, -0.1) is 0 Å². The van der Waals surface area contributed by atoms with Gasteiger partial charge in [-0.2, -0.15) is 0 Å². The van der Waals surface area contributed by atoms with Crippen LogP contribution in [0.25, 0.3) is 0 Å². The van der Waals surface area contributed by atoms with Crippen molar-refractivity contribution in [1.82, 2.24) is 0 Å². The summed E-state index contributed by atoms with van der Waals surface area (Å²) in [7, 11) is 0. The van der Waals surface area contributed by atoms with Crippen LogP contribution in [0.5, 0.6) is 0 Å². The first-order chi connectivity index (χ1) is 6.74. The van der Waals surface area contributed by atoms with E-state index in [1.165, 1.54) is 6.07 Å². The maximum absolute atomic E-state index is 13.2. The maximum atomic E-state index is 13.2. The van der Waals surface area contributed by atoms with Crippen LogP contribution in [0.1, 0.15) is 6.92 Å². The number of hydrogen-bond donors (Lipinski definition) is 1. The average molecular weight is 262 g/mol. The second kappa shape index (κ2) is 5.98. The van der Waals surface area contributed by atoms with E-state index in [2.05, 4.69) is 21.2 Å². The highest BCUT2D eigenvalue weighted by Crippen LogP contribution is 2.19. The number of nitrogens with one attached hydrogen (secondary N) is 1. The van der Waals surface area contributed by atoms with Crippen molar-refractivity contribution in [2.75, 3.05) is 25.1 Å². The summed E-state index contributed by atoms with van der Waals surface area (Å²) in [6.45, 7) is 3.81. The van der Waals surface area contributed by atoms with E-state index in [-0.39, 0.29) is 5.82 Å². The summed E-state index contributed by atoms with van der Waals surface area (Å²) in [6, 6.07) is 4.80. The molecule has 0 amide bonds. The van der Waals surface area contributed by atoms with Crippen LogP contribution < -0.4 is 5.32 Å². The SMILES string of the molecule is CCOCCNc1cc(Br)ccc1F. The van der Waals surface area contributed by atoms with E-state index >= 15 is 0 Å². The fraction of sp³-hybridized carbons (Fsp3) is 0.400. The van der Waals surface area contributed by atoms with Gasteiger partial charge in [0.25, 0.3) is 0 Å². The zero-order valence-electron chi connectivity index (χ0n) is 8.02. The number of rotatable bonds is 5. The number of ether oxygens (including phenoxy) is 1. The van der Waals surface area contributed by atoms with Crippen LogP contribution in [0.4, 0.5) is 10.1 Å². The fourth-order valence-corrected chi connectivity index (χ4v) is 1.40. The molecule has 14 heavy (non-hydrogen) atoms. The van der Waals surface area contributed by atoms with Crippen LogP contribution in [-0.2, 0) is 4.74 Å². The third-order valence-corrected chi connectivity index (χ3v) is 2.19. The van der Waals surface area contributed by atoms with Gasteiger partial charge in [-0.3, -0.25) is 0 Å². The first kappa shape index (κ1) is 11.5. The Balaban J connectivity index is 2.45. The minimum absolute atomic E-state index is 0.246. The second-order valence-electron chi connectivity index (χ2n) is 2.75. The summed E-state index contributed by atoms with van der Waals surface area (Å²) in [4.78, 5) is 0. The molecule has 1 rings (SSSR count). The molecule has 0 saturated heterocycles. The molecule has 0 spiro atoms. The molecule has 0 heterocycles. The monoisotopic (exact) mass is 261 g/mol. The molecule has 0 aromatic heterocycles. The van der Waals surface area contributed by atoms with Gasteiger partial charge in [0, 0.05) is 17.6 Å². The van der Waals surface area contributed by atoms with Crippen molar-refractivity contribution in [1.29, 1.82) is 0 Å². The lowest BCUT2D eigenvalue weighted by molar-refractivity contribution is 0.158. The minimum atomic E-state index is -0.246. The van der Waals surface area contributed by atoms with Gasteiger partial charge in [-0.05, 0) is 25.1 Å². The largest absolute Gasteiger partial charge is 0.380 e. The molecule has 0 saturated carbocycles. The molecular weight excluding hydrogens is 249 g/mol. The molecule has 1 aromatic rings. The lowest BCUT2D eigenvalue weighted by Gasteiger charge is -2.07. The molecular formula is C10H13BrFNO. The molecule has 0 unspecified atom stereocenters. The van der Waals surface area contributed by atoms with Gasteiger partial charge in [0.1, 0.15) is 5.82 Å². The van der Waals surface area contributed by atoms with E-state index < -0.39 is 0 Å². The van der Waals surface area contributed by atoms with Crippen molar-refractivity contribution in [3.8, 4) is 0 Å². The number of benzene rings is 1. The summed E-state index contributed by atoms with van der Waals surface area (Å²) in [5.41, 5.74) is 0.499. The Morgan fingerprint density at radius 3 is 3.00 bits per heavy atom. The first-order valence-electron chi connectivity index (χ1n) is 4.50. The van der Waals surface area contributed by atoms with Crippen LogP contribution in [-0.4, -0.2) is 19.8 Å². The summed E-state index contributed by atoms with van der Waals surface area (Å²) in [6.07, 6.45) is 0. The predicted molar refractivity (Wildman–Crippen MR) is 59.1 cm³/mol. The summed E-state index contributed by atoms with van der Waals surface area (Å²) in [5.74, 6) is -0.246. The topological polar surface area (TPSA) is 21.3 Å². The van der Waals surface area contributed by atoms with Crippen LogP contribution >= 0.6 is 15.9 Å². The maximum Gasteiger partial charge on any atom is 0.146 e. The van der Waals surface area contributed by atoms with Crippen molar-refractivity contribution < 1.29 is 9.13 Å². The van der Waals surface area contributed by atoms with E-state index in [9.17, 15) is 4.39 Å². The molecule has 4 heteroatoms. The molecule has 0 radical (unpaired) electrons. The van der Waals surface area contributed by atoms with Gasteiger partial charge >= 0.3 is 0 Å². The molecule has 2 nitrogen and oxygen atoms in total. The molecule has 0 aliphatic heterocycles. The Bertz CT molecular complexity index is 293. The van der Waals surface area contributed by atoms with Crippen LogP contribution in [0, 0.1) is 5.82 Å². The van der Waals surface area contributed by atoms with Gasteiger partial charge in [0.15, 0.2) is 0 Å². The van der Waals surface area contributed by atoms with Crippen molar-refractivity contribution in [3.05, 3.63) is 28.5 Å². The summed E-state index contributed by atoms with van der Waals surface area (Å²) in [5, 5.41) is 2.96. The second-order valence-corrected chi connectivity index (χ2v) is 3.66. The summed E-state index contributed by atoms with van der Waals surface area (Å²) < 4.78 is 19.1. The van der Waals surface area contributed by atoms with Crippen LogP contribution in [0.15, 0.2) is 22.7 Å². The molecule has 0 atom stereocenters. The molecule has 0 bridgehead atoms. The standard InChI is InChI=1S/C10H13BrFNO/c1-2-14-6-5-13-10-7-8(11)3-4-9(10)12/h3-4,7,13H,2,5-6H2,1H3. The van der Waals surface area contributed by atoms with Crippen molar-refractivity contribution in [2.45, 2.75) is 6.92 Å². The number of hydrogen-bond acceptors (Lipinski definition) is 2. The Labute approximate surface area is 91.6 Å². The molecule has 0 aliphatic carbocycles. The Morgan fingerprint density at radius 2 is 2.29 bits per heavy atom. The van der Waals surface area contributed by atoms with Crippen molar-refractivity contribution in [2.24, 2.45) is 0 Å². The Morgan fingerprint density at radius 1 is 1.50 bits per heavy atom. The van der Waals surface area contributed by atoms with E-state index in [0.29, 0.717) is 25.4 Å². The molecule has 0 fully saturated rings. The number of halogens is 2. The highest BCUT2D eigenvalue weighted by molar-refractivity contribution is 9.10. The Kier molecular flexibility index (Phi) is 4.90. The van der Waals surface area contributed by atoms with Gasteiger partial charge in [-0.25, -0.2) is 4.39 Å². The van der Waals surface area contributed by atoms with Crippen LogP contribution in [0.3, 0.4) is 0 Å². The zero-order valence-corrected chi connectivity index (χ0v) is 9.60. The third-order valence-electron chi connectivity index (χ3n) is 1.69. The smallest absolute Gasteiger partial charge is 0.146 e. The molecule has 1 N–H and O–H groups in total. The first-order valence-corrected chi connectivity index (χ1v) is 5.30. The lowest BCUT2D eigenvalue weighted by atomic mass is 10.3. The van der Waals surface area contributed by atoms with E-state index in [1.54, 1.807) is 12.1 Å². The lowest BCUT2D eigenvalue weighted by Crippen LogP contribution is -2.10. The number of anilines is 1. The highest BCUT2D eigenvalue weighted by Gasteiger charge is 2.00. The zero-order chi connectivity index (χ0) is 10.4. The van der Waals surface area contributed by atoms with Crippen molar-refractivity contribution in [3.63, 3.8) is 0 Å². The molecule has 0 aliphatic rings. The van der Waals surface area contributed by atoms with E-state index in [1.807, 2.05) is 6.92 Å². The van der Waals surface area contributed by atoms with E-state index in [4.69, 9.17) is 4.74 Å². The normalized spacial score (nSPS) is 10.2. The van der Waals surface area contributed by atoms with Crippen LogP contribution in [0.2, 0.25) is 0 Å². The Hall–Kier alpha value is -0.610. The summed E-state index contributed by atoms with van der Waals surface area (Å²) >= 11 is 3.28. The average Bonchev–Trinajstić information content (AvgIpc) is 2.18. The van der Waals surface area contributed by atoms with Gasteiger partial charge in [0.2, 0.25) is 0 Å². The van der Waals surface area contributed by atoms with E-state index in [0.717, 1.165) is 4.47 Å². The molecule has 1 aromatic carbocycles. The van der Waals surface area contributed by atoms with Gasteiger partial charge < -0.3 is 10.1 Å². The third kappa shape index (κ3) is 3.64. The molecule has 78 valence electrons. The van der Waals surface area contributed by atoms with Crippen molar-refractivity contribution >= 4 is 21.6 Å². The fourth-order valence-electron chi connectivity index (χ4n) is 1.04. The minimum Gasteiger partial charge on any atom is -0.380 e. The van der Waals surface area contributed by atoms with Gasteiger partial charge in [0.05, 0.1) is 12.3 Å². The quantitative estimate of drug-likeness (QED) is 0.823. The van der Waals surface area contributed by atoms with Gasteiger partial charge in [-0.1, -0.05) is 15.9 Å².